The molecule has 2 atom stereocenters. The standard InChI is InChI=1S/C13H26N2S2/c1-11(2)7-12-8-15(4-3-14-12)9-13-10-16-5-6-17-13/h11-14H,3-10H2,1-2H3. The van der Waals surface area contributed by atoms with Crippen LogP contribution in [0.3, 0.4) is 0 Å². The molecule has 2 nitrogen and oxygen atoms in total. The van der Waals surface area contributed by atoms with E-state index in [4.69, 9.17) is 0 Å². The molecule has 1 N–H and O–H groups in total. The summed E-state index contributed by atoms with van der Waals surface area (Å²) in [5.41, 5.74) is 0. The van der Waals surface area contributed by atoms with E-state index in [0.29, 0.717) is 0 Å². The third-order valence-electron chi connectivity index (χ3n) is 3.44. The molecular formula is C13H26N2S2. The van der Waals surface area contributed by atoms with Gasteiger partial charge in [-0.25, -0.2) is 0 Å². The number of nitrogens with one attached hydrogen (secondary N) is 1. The molecule has 2 unspecified atom stereocenters. The highest BCUT2D eigenvalue weighted by atomic mass is 32.2. The Balaban J connectivity index is 1.72. The third-order valence-corrected chi connectivity index (χ3v) is 6.27. The minimum Gasteiger partial charge on any atom is -0.311 e. The lowest BCUT2D eigenvalue weighted by molar-refractivity contribution is 0.189. The molecule has 2 rings (SSSR count). The van der Waals surface area contributed by atoms with E-state index >= 15 is 0 Å². The van der Waals surface area contributed by atoms with Gasteiger partial charge in [-0.3, -0.25) is 4.90 Å². The molecule has 100 valence electrons. The molecule has 0 amide bonds. The monoisotopic (exact) mass is 274 g/mol. The lowest BCUT2D eigenvalue weighted by Crippen LogP contribution is -2.52. The summed E-state index contributed by atoms with van der Waals surface area (Å²) in [4.78, 5) is 2.69. The zero-order valence-corrected chi connectivity index (χ0v) is 12.8. The van der Waals surface area contributed by atoms with Gasteiger partial charge in [0, 0.05) is 54.7 Å². The number of hydrogen-bond donors (Lipinski definition) is 1. The predicted octanol–water partition coefficient (Wildman–Crippen LogP) is 2.15. The first-order valence-electron chi connectivity index (χ1n) is 6.89. The SMILES string of the molecule is CC(C)CC1CN(CC2CSCCS2)CCN1. The highest BCUT2D eigenvalue weighted by molar-refractivity contribution is 8.06. The van der Waals surface area contributed by atoms with Gasteiger partial charge in [-0.05, 0) is 12.3 Å². The zero-order chi connectivity index (χ0) is 12.1. The van der Waals surface area contributed by atoms with E-state index < -0.39 is 0 Å². The molecule has 0 saturated carbocycles. The van der Waals surface area contributed by atoms with Crippen molar-refractivity contribution in [2.75, 3.05) is 43.4 Å². The van der Waals surface area contributed by atoms with Crippen LogP contribution in [-0.2, 0) is 0 Å². The Morgan fingerprint density at radius 3 is 2.94 bits per heavy atom. The summed E-state index contributed by atoms with van der Waals surface area (Å²) >= 11 is 4.33. The van der Waals surface area contributed by atoms with Crippen molar-refractivity contribution in [3.8, 4) is 0 Å². The van der Waals surface area contributed by atoms with Crippen LogP contribution < -0.4 is 5.32 Å². The summed E-state index contributed by atoms with van der Waals surface area (Å²) in [6.07, 6.45) is 1.32. The summed E-state index contributed by atoms with van der Waals surface area (Å²) in [5, 5.41) is 4.55. The summed E-state index contributed by atoms with van der Waals surface area (Å²) in [5.74, 6) is 4.89. The molecule has 2 fully saturated rings. The Morgan fingerprint density at radius 1 is 1.35 bits per heavy atom. The first kappa shape index (κ1) is 14.0. The van der Waals surface area contributed by atoms with Gasteiger partial charge in [0.2, 0.25) is 0 Å². The van der Waals surface area contributed by atoms with Gasteiger partial charge in [0.25, 0.3) is 0 Å². The largest absolute Gasteiger partial charge is 0.311 e. The van der Waals surface area contributed by atoms with Crippen molar-refractivity contribution in [1.29, 1.82) is 0 Å². The van der Waals surface area contributed by atoms with E-state index in [9.17, 15) is 0 Å². The van der Waals surface area contributed by atoms with Crippen molar-refractivity contribution in [2.24, 2.45) is 5.92 Å². The average molecular weight is 274 g/mol. The Kier molecular flexibility index (Phi) is 6.00. The molecule has 2 saturated heterocycles. The van der Waals surface area contributed by atoms with Gasteiger partial charge >= 0.3 is 0 Å². The van der Waals surface area contributed by atoms with Crippen molar-refractivity contribution >= 4 is 23.5 Å². The quantitative estimate of drug-likeness (QED) is 0.844. The second-order valence-electron chi connectivity index (χ2n) is 5.61. The van der Waals surface area contributed by atoms with Crippen LogP contribution in [0.2, 0.25) is 0 Å². The van der Waals surface area contributed by atoms with Gasteiger partial charge < -0.3 is 5.32 Å². The van der Waals surface area contributed by atoms with Crippen molar-refractivity contribution in [2.45, 2.75) is 31.6 Å². The Bertz CT molecular complexity index is 217. The topological polar surface area (TPSA) is 15.3 Å². The van der Waals surface area contributed by atoms with Crippen molar-refractivity contribution in [1.82, 2.24) is 10.2 Å². The van der Waals surface area contributed by atoms with Crippen LogP contribution in [0.1, 0.15) is 20.3 Å². The summed E-state index contributed by atoms with van der Waals surface area (Å²) < 4.78 is 0. The molecular weight excluding hydrogens is 248 g/mol. The molecule has 0 aromatic carbocycles. The summed E-state index contributed by atoms with van der Waals surface area (Å²) in [6, 6.07) is 0.727. The molecule has 0 aromatic heterocycles. The molecule has 0 aliphatic carbocycles. The smallest absolute Gasteiger partial charge is 0.0265 e. The van der Waals surface area contributed by atoms with Crippen LogP contribution >= 0.6 is 23.5 Å². The van der Waals surface area contributed by atoms with E-state index in [0.717, 1.165) is 17.2 Å². The maximum absolute atomic E-state index is 3.66. The van der Waals surface area contributed by atoms with E-state index in [-0.39, 0.29) is 0 Å². The maximum Gasteiger partial charge on any atom is 0.0265 e. The highest BCUT2D eigenvalue weighted by Crippen LogP contribution is 2.25. The van der Waals surface area contributed by atoms with Crippen LogP contribution in [-0.4, -0.2) is 59.6 Å². The Labute approximate surface area is 115 Å². The maximum atomic E-state index is 3.66. The first-order chi connectivity index (χ1) is 8.24. The fraction of sp³-hybridized carbons (Fsp3) is 1.00. The number of hydrogen-bond acceptors (Lipinski definition) is 4. The molecule has 0 bridgehead atoms. The molecule has 2 heterocycles. The molecule has 0 radical (unpaired) electrons. The third kappa shape index (κ3) is 5.01. The van der Waals surface area contributed by atoms with E-state index in [2.05, 4.69) is 47.6 Å². The second-order valence-corrected chi connectivity index (χ2v) is 8.17. The average Bonchev–Trinajstić information content (AvgIpc) is 2.30. The normalized spacial score (nSPS) is 31.9. The van der Waals surface area contributed by atoms with Crippen molar-refractivity contribution < 1.29 is 0 Å². The number of piperazine rings is 1. The van der Waals surface area contributed by atoms with Crippen molar-refractivity contribution in [3.63, 3.8) is 0 Å². The second kappa shape index (κ2) is 7.27. The zero-order valence-electron chi connectivity index (χ0n) is 11.2. The van der Waals surface area contributed by atoms with Gasteiger partial charge in [0.1, 0.15) is 0 Å². The molecule has 4 heteroatoms. The minimum atomic E-state index is 0.727. The van der Waals surface area contributed by atoms with Crippen LogP contribution in [0.25, 0.3) is 0 Å². The number of nitrogens with zero attached hydrogens (tertiary/aromatic N) is 1. The van der Waals surface area contributed by atoms with Gasteiger partial charge in [0.15, 0.2) is 0 Å². The number of thioether (sulfide) groups is 2. The Hall–Kier alpha value is 0.620. The van der Waals surface area contributed by atoms with E-state index in [1.54, 1.807) is 0 Å². The van der Waals surface area contributed by atoms with Crippen LogP contribution in [0.15, 0.2) is 0 Å². The Morgan fingerprint density at radius 2 is 2.24 bits per heavy atom. The van der Waals surface area contributed by atoms with Crippen LogP contribution in [0.4, 0.5) is 0 Å². The molecule has 0 aromatic rings. The van der Waals surface area contributed by atoms with Gasteiger partial charge in [-0.2, -0.15) is 23.5 Å². The molecule has 0 spiro atoms. The van der Waals surface area contributed by atoms with E-state index in [1.165, 1.54) is 49.9 Å². The minimum absolute atomic E-state index is 0.727. The van der Waals surface area contributed by atoms with Crippen LogP contribution in [0, 0.1) is 5.92 Å². The highest BCUT2D eigenvalue weighted by Gasteiger charge is 2.23. The van der Waals surface area contributed by atoms with E-state index in [1.807, 2.05) is 0 Å². The molecule has 2 aliphatic heterocycles. The lowest BCUT2D eigenvalue weighted by atomic mass is 10.0. The lowest BCUT2D eigenvalue weighted by Gasteiger charge is -2.37. The molecule has 17 heavy (non-hydrogen) atoms. The number of rotatable bonds is 4. The summed E-state index contributed by atoms with van der Waals surface area (Å²) in [7, 11) is 0. The van der Waals surface area contributed by atoms with Crippen molar-refractivity contribution in [3.05, 3.63) is 0 Å². The fourth-order valence-corrected chi connectivity index (χ4v) is 5.43. The summed E-state index contributed by atoms with van der Waals surface area (Å²) in [6.45, 7) is 9.66. The van der Waals surface area contributed by atoms with Gasteiger partial charge in [0.05, 0.1) is 0 Å². The molecule has 2 aliphatic rings. The van der Waals surface area contributed by atoms with Crippen LogP contribution in [0.5, 0.6) is 0 Å². The predicted molar refractivity (Wildman–Crippen MR) is 81.3 cm³/mol. The van der Waals surface area contributed by atoms with Gasteiger partial charge in [-0.15, -0.1) is 0 Å². The first-order valence-corrected chi connectivity index (χ1v) is 9.09. The fourth-order valence-electron chi connectivity index (χ4n) is 2.72. The van der Waals surface area contributed by atoms with Gasteiger partial charge in [-0.1, -0.05) is 13.8 Å².